The van der Waals surface area contributed by atoms with Gasteiger partial charge in [-0.1, -0.05) is 272 Å². The van der Waals surface area contributed by atoms with E-state index in [0.29, 0.717) is 19.3 Å². The summed E-state index contributed by atoms with van der Waals surface area (Å²) >= 11 is 0. The van der Waals surface area contributed by atoms with E-state index in [1.165, 1.54) is 122 Å². The molecule has 1 unspecified atom stereocenters. The molecule has 0 saturated heterocycles. The molecule has 0 aromatic heterocycles. The van der Waals surface area contributed by atoms with Crippen molar-refractivity contribution in [3.05, 3.63) is 97.2 Å². The van der Waals surface area contributed by atoms with E-state index in [9.17, 15) is 14.4 Å². The summed E-state index contributed by atoms with van der Waals surface area (Å²) < 4.78 is 16.8. The number of carbonyl (C=O) groups excluding carboxylic acids is 3. The first-order valence-electron chi connectivity index (χ1n) is 28.3. The Morgan fingerprint density at radius 1 is 0.309 bits per heavy atom. The fourth-order valence-electron chi connectivity index (χ4n) is 7.76. The Labute approximate surface area is 419 Å². The van der Waals surface area contributed by atoms with Crippen LogP contribution in [0.2, 0.25) is 0 Å². The smallest absolute Gasteiger partial charge is 0.306 e. The normalized spacial score (nSPS) is 12.8. The van der Waals surface area contributed by atoms with Crippen LogP contribution in [0.3, 0.4) is 0 Å². The number of esters is 3. The molecule has 0 amide bonds. The maximum absolute atomic E-state index is 12.9. The van der Waals surface area contributed by atoms with Gasteiger partial charge < -0.3 is 14.2 Å². The van der Waals surface area contributed by atoms with Gasteiger partial charge in [-0.2, -0.15) is 0 Å². The van der Waals surface area contributed by atoms with E-state index < -0.39 is 6.10 Å². The van der Waals surface area contributed by atoms with Gasteiger partial charge in [0.1, 0.15) is 13.2 Å². The molecule has 0 bridgehead atoms. The molecule has 68 heavy (non-hydrogen) atoms. The lowest BCUT2D eigenvalue weighted by molar-refractivity contribution is -0.167. The molecule has 6 heteroatoms. The molecule has 0 aliphatic carbocycles. The highest BCUT2D eigenvalue weighted by molar-refractivity contribution is 5.71. The summed E-state index contributed by atoms with van der Waals surface area (Å²) in [5.41, 5.74) is 0. The Bertz CT molecular complexity index is 1360. The molecule has 0 fully saturated rings. The summed E-state index contributed by atoms with van der Waals surface area (Å²) in [7, 11) is 0. The third-order valence-corrected chi connectivity index (χ3v) is 12.0. The van der Waals surface area contributed by atoms with Crippen LogP contribution in [0.5, 0.6) is 0 Å². The summed E-state index contributed by atoms with van der Waals surface area (Å²) in [4.78, 5) is 38.1. The first-order valence-corrected chi connectivity index (χ1v) is 28.3. The lowest BCUT2D eigenvalue weighted by atomic mass is 10.0. The lowest BCUT2D eigenvalue weighted by Crippen LogP contribution is -2.30. The van der Waals surface area contributed by atoms with E-state index in [4.69, 9.17) is 14.2 Å². The molecule has 0 N–H and O–H groups in total. The van der Waals surface area contributed by atoms with E-state index >= 15 is 0 Å². The Morgan fingerprint density at radius 3 is 0.912 bits per heavy atom. The molecule has 1 atom stereocenters. The second kappa shape index (κ2) is 55.9. The van der Waals surface area contributed by atoms with Crippen LogP contribution >= 0.6 is 0 Å². The van der Waals surface area contributed by atoms with Crippen molar-refractivity contribution in [2.45, 2.75) is 264 Å². The fraction of sp³-hybridized carbons (Fsp3) is 0.694. The van der Waals surface area contributed by atoms with Crippen molar-refractivity contribution in [3.63, 3.8) is 0 Å². The van der Waals surface area contributed by atoms with Crippen molar-refractivity contribution < 1.29 is 28.6 Å². The van der Waals surface area contributed by atoms with Gasteiger partial charge in [0.25, 0.3) is 0 Å². The summed E-state index contributed by atoms with van der Waals surface area (Å²) in [6, 6.07) is 0. The van der Waals surface area contributed by atoms with Gasteiger partial charge in [0.05, 0.1) is 0 Å². The SMILES string of the molecule is CC\C=C/C=C\C=C/C=C\C=C/CCCCCC(=O)OCC(COC(=O)CCCCCCC\C=C/C=C\C=C/CCCCCCC)OC(=O)CCCCCCCCCCCCCCCCCCC. The van der Waals surface area contributed by atoms with Crippen molar-refractivity contribution in [1.29, 1.82) is 0 Å². The van der Waals surface area contributed by atoms with E-state index in [0.717, 1.165) is 96.3 Å². The topological polar surface area (TPSA) is 78.9 Å². The molecule has 0 heterocycles. The minimum Gasteiger partial charge on any atom is -0.462 e. The van der Waals surface area contributed by atoms with E-state index in [1.807, 2.05) is 48.6 Å². The third kappa shape index (κ3) is 53.3. The van der Waals surface area contributed by atoms with Crippen LogP contribution in [0.25, 0.3) is 0 Å². The molecular formula is C62H104O6. The molecule has 0 spiro atoms. The number of ether oxygens (including phenoxy) is 3. The maximum Gasteiger partial charge on any atom is 0.306 e. The molecule has 0 aliphatic heterocycles. The molecule has 0 rings (SSSR count). The van der Waals surface area contributed by atoms with Crippen LogP contribution in [0, 0.1) is 0 Å². The van der Waals surface area contributed by atoms with Gasteiger partial charge in [-0.15, -0.1) is 0 Å². The van der Waals surface area contributed by atoms with Crippen molar-refractivity contribution in [2.75, 3.05) is 13.2 Å². The highest BCUT2D eigenvalue weighted by Gasteiger charge is 2.19. The van der Waals surface area contributed by atoms with Gasteiger partial charge in [-0.25, -0.2) is 0 Å². The average molecular weight is 946 g/mol. The summed E-state index contributed by atoms with van der Waals surface area (Å²) in [6.45, 7) is 6.44. The molecule has 0 saturated carbocycles. The van der Waals surface area contributed by atoms with Crippen LogP contribution in [0.4, 0.5) is 0 Å². The minimum atomic E-state index is -0.803. The highest BCUT2D eigenvalue weighted by atomic mass is 16.6. The zero-order chi connectivity index (χ0) is 49.3. The number of allylic oxidation sites excluding steroid dienone is 16. The number of rotatable bonds is 50. The van der Waals surface area contributed by atoms with Crippen LogP contribution in [-0.2, 0) is 28.6 Å². The quantitative estimate of drug-likeness (QED) is 0.0262. The minimum absolute atomic E-state index is 0.101. The zero-order valence-electron chi connectivity index (χ0n) is 44.3. The van der Waals surface area contributed by atoms with Crippen molar-refractivity contribution in [3.8, 4) is 0 Å². The fourth-order valence-corrected chi connectivity index (χ4v) is 7.76. The maximum atomic E-state index is 12.9. The average Bonchev–Trinajstić information content (AvgIpc) is 3.34. The van der Waals surface area contributed by atoms with Crippen LogP contribution in [0.1, 0.15) is 258 Å². The zero-order valence-corrected chi connectivity index (χ0v) is 44.3. The third-order valence-electron chi connectivity index (χ3n) is 12.0. The number of carbonyl (C=O) groups is 3. The standard InChI is InChI=1S/C62H104O6/c1-4-7-10-13-16-19-22-25-28-30-32-34-37-40-43-46-49-52-55-61(64)67-58-59(57-66-60(63)54-51-48-45-42-39-36-33-27-24-21-18-15-12-9-6-3)68-62(65)56-53-50-47-44-41-38-35-31-29-26-23-20-17-14-11-8-5-2/h9,12,15,18,21-22,24-25,27-28,30,32-34,36,39,59H,4-8,10-11,13-14,16-17,19-20,23,26,29,31,35,37-38,40-58H2,1-3H3/b12-9-,18-15-,24-21-,25-22-,30-28-,33-27-,34-32-,39-36-. The van der Waals surface area contributed by atoms with Gasteiger partial charge in [-0.3, -0.25) is 14.4 Å². The lowest BCUT2D eigenvalue weighted by Gasteiger charge is -2.18. The monoisotopic (exact) mass is 945 g/mol. The van der Waals surface area contributed by atoms with E-state index in [1.54, 1.807) is 0 Å². The predicted octanol–water partition coefficient (Wildman–Crippen LogP) is 18.9. The second-order valence-corrected chi connectivity index (χ2v) is 18.7. The molecule has 6 nitrogen and oxygen atoms in total. The summed E-state index contributed by atoms with van der Waals surface area (Å²) in [6.07, 6.45) is 73.9. The molecule has 388 valence electrons. The van der Waals surface area contributed by atoms with Crippen molar-refractivity contribution in [2.24, 2.45) is 0 Å². The van der Waals surface area contributed by atoms with Crippen LogP contribution in [-0.4, -0.2) is 37.2 Å². The highest BCUT2D eigenvalue weighted by Crippen LogP contribution is 2.16. The van der Waals surface area contributed by atoms with Crippen molar-refractivity contribution >= 4 is 17.9 Å². The van der Waals surface area contributed by atoms with E-state index in [-0.39, 0.29) is 31.1 Å². The second-order valence-electron chi connectivity index (χ2n) is 18.7. The molecule has 0 aromatic rings. The van der Waals surface area contributed by atoms with Crippen molar-refractivity contribution in [1.82, 2.24) is 0 Å². The van der Waals surface area contributed by atoms with Crippen LogP contribution < -0.4 is 0 Å². The first-order chi connectivity index (χ1) is 33.5. The van der Waals surface area contributed by atoms with E-state index in [2.05, 4.69) is 69.4 Å². The Morgan fingerprint density at radius 2 is 0.574 bits per heavy atom. The summed E-state index contributed by atoms with van der Waals surface area (Å²) in [5.74, 6) is -0.956. The van der Waals surface area contributed by atoms with Crippen LogP contribution in [0.15, 0.2) is 97.2 Å². The van der Waals surface area contributed by atoms with Gasteiger partial charge >= 0.3 is 17.9 Å². The van der Waals surface area contributed by atoms with Gasteiger partial charge in [0, 0.05) is 19.3 Å². The Balaban J connectivity index is 4.48. The Hall–Kier alpha value is -3.67. The predicted molar refractivity (Wildman–Crippen MR) is 293 cm³/mol. The van der Waals surface area contributed by atoms with Gasteiger partial charge in [0.15, 0.2) is 6.10 Å². The molecule has 0 radical (unpaired) electrons. The van der Waals surface area contributed by atoms with Gasteiger partial charge in [0.2, 0.25) is 0 Å². The summed E-state index contributed by atoms with van der Waals surface area (Å²) in [5, 5.41) is 0. The molecule has 0 aromatic carbocycles. The molecule has 0 aliphatic rings. The first kappa shape index (κ1) is 64.3. The molecular weight excluding hydrogens is 841 g/mol. The largest absolute Gasteiger partial charge is 0.462 e. The number of hydrogen-bond acceptors (Lipinski definition) is 6. The number of unbranched alkanes of at least 4 members (excludes halogenated alkanes) is 29. The number of hydrogen-bond donors (Lipinski definition) is 0. The van der Waals surface area contributed by atoms with Gasteiger partial charge in [-0.05, 0) is 64.2 Å². The Kier molecular flexibility index (Phi) is 52.9.